The van der Waals surface area contributed by atoms with Gasteiger partial charge in [0.05, 0.1) is 13.0 Å². The minimum atomic E-state index is -0.268. The summed E-state index contributed by atoms with van der Waals surface area (Å²) in [6, 6.07) is 9.53. The van der Waals surface area contributed by atoms with Crippen LogP contribution in [0.25, 0.3) is 0 Å². The maximum atomic E-state index is 11.5. The number of carbonyl (C=O) groups excluding carboxylic acids is 1. The van der Waals surface area contributed by atoms with Crippen LogP contribution in [0.2, 0.25) is 0 Å². The third-order valence-corrected chi connectivity index (χ3v) is 3.08. The van der Waals surface area contributed by atoms with Crippen molar-refractivity contribution in [2.45, 2.75) is 18.6 Å². The number of hydrogen-bond donors (Lipinski definition) is 2. The lowest BCUT2D eigenvalue weighted by Gasteiger charge is -2.15. The molecular weight excluding hydrogens is 236 g/mol. The Bertz CT molecular complexity index is 381. The molecular formula is C12H16N2O2S. The van der Waals surface area contributed by atoms with Crippen LogP contribution in [-0.2, 0) is 9.53 Å². The summed E-state index contributed by atoms with van der Waals surface area (Å²) >= 11 is 1.17. The summed E-state index contributed by atoms with van der Waals surface area (Å²) in [5, 5.41) is 7.15. The summed E-state index contributed by atoms with van der Waals surface area (Å²) in [6.45, 7) is 2.14. The highest BCUT2D eigenvalue weighted by atomic mass is 32.2. The van der Waals surface area contributed by atoms with Crippen LogP contribution in [0.1, 0.15) is 24.2 Å². The molecule has 0 bridgehead atoms. The number of hydrogen-bond acceptors (Lipinski definition) is 4. The number of amidine groups is 1. The molecule has 0 amide bonds. The first kappa shape index (κ1) is 13.6. The van der Waals surface area contributed by atoms with E-state index in [1.54, 1.807) is 6.92 Å². The summed E-state index contributed by atoms with van der Waals surface area (Å²) in [5.74, 6) is -0.268. The Labute approximate surface area is 105 Å². The number of nitrogens with two attached hydrogens (primary N) is 1. The average molecular weight is 252 g/mol. The number of esters is 1. The van der Waals surface area contributed by atoms with E-state index in [0.29, 0.717) is 6.61 Å². The van der Waals surface area contributed by atoms with Crippen LogP contribution in [0.3, 0.4) is 0 Å². The first-order chi connectivity index (χ1) is 8.13. The number of thioether (sulfide) groups is 1. The van der Waals surface area contributed by atoms with Gasteiger partial charge in [-0.1, -0.05) is 42.1 Å². The Kier molecular flexibility index (Phi) is 5.56. The summed E-state index contributed by atoms with van der Waals surface area (Å²) in [6.07, 6.45) is 0.224. The Balaban J connectivity index is 2.74. The highest BCUT2D eigenvalue weighted by Gasteiger charge is 2.18. The van der Waals surface area contributed by atoms with Gasteiger partial charge in [-0.2, -0.15) is 0 Å². The van der Waals surface area contributed by atoms with Gasteiger partial charge in [-0.05, 0) is 12.5 Å². The Morgan fingerprint density at radius 2 is 2.12 bits per heavy atom. The second kappa shape index (κ2) is 6.96. The topological polar surface area (TPSA) is 76.2 Å². The van der Waals surface area contributed by atoms with E-state index in [1.807, 2.05) is 30.3 Å². The van der Waals surface area contributed by atoms with Gasteiger partial charge >= 0.3 is 5.97 Å². The lowest BCUT2D eigenvalue weighted by Crippen LogP contribution is -2.13. The first-order valence-electron chi connectivity index (χ1n) is 5.34. The molecule has 0 saturated carbocycles. The van der Waals surface area contributed by atoms with Crippen molar-refractivity contribution in [1.82, 2.24) is 0 Å². The quantitative estimate of drug-likeness (QED) is 0.479. The minimum absolute atomic E-state index is 0.00292. The molecule has 0 aromatic heterocycles. The Hall–Kier alpha value is -1.49. The van der Waals surface area contributed by atoms with Crippen LogP contribution in [0.4, 0.5) is 0 Å². The molecule has 1 aromatic rings. The predicted octanol–water partition coefficient (Wildman–Crippen LogP) is 2.31. The highest BCUT2D eigenvalue weighted by Crippen LogP contribution is 2.31. The molecule has 0 fully saturated rings. The van der Waals surface area contributed by atoms with Gasteiger partial charge in [-0.25, -0.2) is 0 Å². The molecule has 92 valence electrons. The minimum Gasteiger partial charge on any atom is -0.466 e. The van der Waals surface area contributed by atoms with Gasteiger partial charge < -0.3 is 10.5 Å². The molecule has 5 heteroatoms. The molecule has 1 unspecified atom stereocenters. The molecule has 4 nitrogen and oxygen atoms in total. The normalized spacial score (nSPS) is 11.8. The number of carbonyl (C=O) groups is 1. The van der Waals surface area contributed by atoms with Crippen LogP contribution >= 0.6 is 11.8 Å². The molecule has 0 radical (unpaired) electrons. The van der Waals surface area contributed by atoms with E-state index in [9.17, 15) is 4.79 Å². The molecule has 0 spiro atoms. The fourth-order valence-corrected chi connectivity index (χ4v) is 2.24. The molecule has 3 N–H and O–H groups in total. The molecule has 0 aliphatic heterocycles. The fraction of sp³-hybridized carbons (Fsp3) is 0.333. The molecule has 0 heterocycles. The van der Waals surface area contributed by atoms with Gasteiger partial charge in [0.15, 0.2) is 5.17 Å². The standard InChI is InChI=1S/C12H16N2O2S/c1-2-16-11(15)8-10(17-12(13)14)9-6-4-3-5-7-9/h3-7,10H,2,8H2,1H3,(H3,13,14). The number of ether oxygens (including phenoxy) is 1. The van der Waals surface area contributed by atoms with Crippen molar-refractivity contribution in [3.8, 4) is 0 Å². The van der Waals surface area contributed by atoms with Crippen LogP contribution in [0.15, 0.2) is 30.3 Å². The van der Waals surface area contributed by atoms with Gasteiger partial charge in [0.2, 0.25) is 0 Å². The van der Waals surface area contributed by atoms with E-state index in [4.69, 9.17) is 15.9 Å². The fourth-order valence-electron chi connectivity index (χ4n) is 1.42. The van der Waals surface area contributed by atoms with Gasteiger partial charge in [0.1, 0.15) is 0 Å². The number of rotatable bonds is 5. The second-order valence-corrected chi connectivity index (χ2v) is 4.64. The maximum Gasteiger partial charge on any atom is 0.307 e. The molecule has 1 atom stereocenters. The van der Waals surface area contributed by atoms with Crippen LogP contribution < -0.4 is 5.73 Å². The van der Waals surface area contributed by atoms with Crippen LogP contribution in [-0.4, -0.2) is 17.7 Å². The summed E-state index contributed by atoms with van der Waals surface area (Å²) in [5.41, 5.74) is 6.35. The smallest absolute Gasteiger partial charge is 0.307 e. The lowest BCUT2D eigenvalue weighted by molar-refractivity contribution is -0.143. The maximum absolute atomic E-state index is 11.5. The zero-order chi connectivity index (χ0) is 12.7. The zero-order valence-corrected chi connectivity index (χ0v) is 10.5. The molecule has 0 aliphatic carbocycles. The van der Waals surface area contributed by atoms with E-state index in [0.717, 1.165) is 5.56 Å². The van der Waals surface area contributed by atoms with E-state index >= 15 is 0 Å². The molecule has 17 heavy (non-hydrogen) atoms. The van der Waals surface area contributed by atoms with Crippen molar-refractivity contribution < 1.29 is 9.53 Å². The number of benzene rings is 1. The van der Waals surface area contributed by atoms with Crippen molar-refractivity contribution in [2.24, 2.45) is 5.73 Å². The number of nitrogens with one attached hydrogen (secondary N) is 1. The van der Waals surface area contributed by atoms with Crippen molar-refractivity contribution in [1.29, 1.82) is 5.41 Å². The van der Waals surface area contributed by atoms with Crippen molar-refractivity contribution in [3.05, 3.63) is 35.9 Å². The van der Waals surface area contributed by atoms with E-state index < -0.39 is 0 Å². The third-order valence-electron chi connectivity index (χ3n) is 2.10. The predicted molar refractivity (Wildman–Crippen MR) is 69.9 cm³/mol. The monoisotopic (exact) mass is 252 g/mol. The highest BCUT2D eigenvalue weighted by molar-refractivity contribution is 8.13. The SMILES string of the molecule is CCOC(=O)CC(SC(=N)N)c1ccccc1. The summed E-state index contributed by atoms with van der Waals surface area (Å²) < 4.78 is 4.91. The van der Waals surface area contributed by atoms with E-state index in [1.165, 1.54) is 11.8 Å². The van der Waals surface area contributed by atoms with E-state index in [2.05, 4.69) is 0 Å². The molecule has 1 aromatic carbocycles. The molecule has 0 saturated heterocycles. The Morgan fingerprint density at radius 1 is 1.47 bits per heavy atom. The van der Waals surface area contributed by atoms with E-state index in [-0.39, 0.29) is 22.8 Å². The zero-order valence-electron chi connectivity index (χ0n) is 9.68. The molecule has 0 aliphatic rings. The lowest BCUT2D eigenvalue weighted by atomic mass is 10.1. The second-order valence-electron chi connectivity index (χ2n) is 3.39. The van der Waals surface area contributed by atoms with Gasteiger partial charge in [0, 0.05) is 5.25 Å². The van der Waals surface area contributed by atoms with Crippen molar-refractivity contribution in [3.63, 3.8) is 0 Å². The average Bonchev–Trinajstić information content (AvgIpc) is 2.29. The summed E-state index contributed by atoms with van der Waals surface area (Å²) in [7, 11) is 0. The van der Waals surface area contributed by atoms with Gasteiger partial charge in [0.25, 0.3) is 0 Å². The first-order valence-corrected chi connectivity index (χ1v) is 6.22. The molecule has 1 rings (SSSR count). The summed E-state index contributed by atoms with van der Waals surface area (Å²) in [4.78, 5) is 11.5. The Morgan fingerprint density at radius 3 is 2.65 bits per heavy atom. The third kappa shape index (κ3) is 4.91. The van der Waals surface area contributed by atoms with Crippen molar-refractivity contribution >= 4 is 22.9 Å². The largest absolute Gasteiger partial charge is 0.466 e. The van der Waals surface area contributed by atoms with Crippen molar-refractivity contribution in [2.75, 3.05) is 6.61 Å². The van der Waals surface area contributed by atoms with Crippen LogP contribution in [0.5, 0.6) is 0 Å². The van der Waals surface area contributed by atoms with Gasteiger partial charge in [-0.3, -0.25) is 10.2 Å². The van der Waals surface area contributed by atoms with Crippen LogP contribution in [0, 0.1) is 5.41 Å². The van der Waals surface area contributed by atoms with Gasteiger partial charge in [-0.15, -0.1) is 0 Å².